The lowest BCUT2D eigenvalue weighted by Crippen LogP contribution is -1.83. The Morgan fingerprint density at radius 2 is 1.24 bits per heavy atom. The highest BCUT2D eigenvalue weighted by Crippen LogP contribution is 2.42. The molecule has 0 spiro atoms. The van der Waals surface area contributed by atoms with Gasteiger partial charge in [0.2, 0.25) is 0 Å². The Bertz CT molecular complexity index is 560. The monoisotopic (exact) mass is 336 g/mol. The van der Waals surface area contributed by atoms with Gasteiger partial charge in [-0.1, -0.05) is 70.1 Å². The maximum absolute atomic E-state index is 6.14. The van der Waals surface area contributed by atoms with Crippen molar-refractivity contribution in [1.29, 1.82) is 0 Å². The smallest absolute Gasteiger partial charge is 0.0800 e. The Morgan fingerprint density at radius 1 is 0.647 bits per heavy atom. The molecule has 0 nitrogen and oxygen atoms in total. The van der Waals surface area contributed by atoms with Crippen LogP contribution in [0.4, 0.5) is 0 Å². The minimum Gasteiger partial charge on any atom is -0.0843 e. The number of benzene rings is 2. The van der Waals surface area contributed by atoms with Crippen molar-refractivity contribution in [2.45, 2.75) is 0 Å². The fourth-order valence-electron chi connectivity index (χ4n) is 1.41. The second-order valence-corrected chi connectivity index (χ2v) is 5.33. The molecule has 2 rings (SSSR count). The summed E-state index contributed by atoms with van der Waals surface area (Å²) < 4.78 is 0. The van der Waals surface area contributed by atoms with Crippen LogP contribution in [-0.2, 0) is 0 Å². The van der Waals surface area contributed by atoms with Crippen molar-refractivity contribution in [2.75, 3.05) is 0 Å². The Balaban J connectivity index is 2.64. The molecule has 0 heterocycles. The quantitative estimate of drug-likeness (QED) is 0.405. The van der Waals surface area contributed by atoms with Gasteiger partial charge in [0.1, 0.15) is 0 Å². The van der Waals surface area contributed by atoms with Crippen LogP contribution in [0.1, 0.15) is 0 Å². The lowest BCUT2D eigenvalue weighted by molar-refractivity contribution is 1.61. The van der Waals surface area contributed by atoms with Crippen LogP contribution >= 0.6 is 58.0 Å². The first-order chi connectivity index (χ1) is 8.00. The molecular weight excluding hydrogens is 333 g/mol. The minimum absolute atomic E-state index is 0.255. The summed E-state index contributed by atoms with van der Waals surface area (Å²) in [4.78, 5) is 0. The molecule has 0 aromatic heterocycles. The van der Waals surface area contributed by atoms with Crippen LogP contribution < -0.4 is 0 Å². The van der Waals surface area contributed by atoms with Gasteiger partial charge in [-0.3, -0.25) is 0 Å². The van der Waals surface area contributed by atoms with Crippen molar-refractivity contribution in [2.24, 2.45) is 0 Å². The summed E-state index contributed by atoms with van der Waals surface area (Å²) in [6, 6.07) is 8.89. The zero-order valence-electron chi connectivity index (χ0n) is 8.28. The van der Waals surface area contributed by atoms with Crippen LogP contribution in [0.15, 0.2) is 30.3 Å². The summed E-state index contributed by atoms with van der Waals surface area (Å²) in [5, 5.41) is 1.91. The highest BCUT2D eigenvalue weighted by Gasteiger charge is 2.14. The van der Waals surface area contributed by atoms with E-state index in [1.165, 1.54) is 0 Å². The van der Waals surface area contributed by atoms with Crippen molar-refractivity contribution >= 4 is 58.0 Å². The van der Waals surface area contributed by atoms with Gasteiger partial charge in [-0.25, -0.2) is 0 Å². The van der Waals surface area contributed by atoms with E-state index < -0.39 is 0 Å². The summed E-state index contributed by atoms with van der Waals surface area (Å²) in [7, 11) is 0. The maximum atomic E-state index is 6.14. The number of rotatable bonds is 1. The van der Waals surface area contributed by atoms with Crippen LogP contribution in [0.25, 0.3) is 11.1 Å². The molecule has 88 valence electrons. The second kappa shape index (κ2) is 5.26. The van der Waals surface area contributed by atoms with Crippen LogP contribution in [0.5, 0.6) is 0 Å². The van der Waals surface area contributed by atoms with Gasteiger partial charge in [-0.15, -0.1) is 0 Å². The number of halogens is 5. The molecule has 0 atom stereocenters. The Morgan fingerprint density at radius 3 is 1.82 bits per heavy atom. The fraction of sp³-hybridized carbons (Fsp3) is 0. The standard InChI is InChI=1S/C12H5Cl5/c13-7-3-1-6(2-4-7)8-5-9(14)11(16)12(17)10(8)15/h1-5H/i1+1,2+1,3+1,4+1,5+1,6+1,7+1,8+1,9+1,10+1,11+1,12+1. The fourth-order valence-corrected chi connectivity index (χ4v) is 2.45. The normalized spacial score (nSPS) is 10.6. The van der Waals surface area contributed by atoms with Gasteiger partial charge in [0.25, 0.3) is 0 Å². The molecule has 17 heavy (non-hydrogen) atoms. The molecule has 2 aromatic carbocycles. The molecule has 0 radical (unpaired) electrons. The summed E-state index contributed by atoms with van der Waals surface area (Å²) >= 11 is 29.8. The van der Waals surface area contributed by atoms with E-state index in [9.17, 15) is 0 Å². The predicted octanol–water partition coefficient (Wildman–Crippen LogP) is 6.62. The molecule has 0 fully saturated rings. The maximum Gasteiger partial charge on any atom is 0.0800 e. The molecule has 0 aliphatic carbocycles. The van der Waals surface area contributed by atoms with Gasteiger partial charge < -0.3 is 0 Å². The van der Waals surface area contributed by atoms with Crippen molar-refractivity contribution in [3.05, 3.63) is 55.4 Å². The molecule has 5 heteroatoms. The zero-order chi connectivity index (χ0) is 12.6. The van der Waals surface area contributed by atoms with E-state index in [4.69, 9.17) is 58.0 Å². The lowest BCUT2D eigenvalue weighted by Gasteiger charge is -2.09. The van der Waals surface area contributed by atoms with E-state index >= 15 is 0 Å². The molecule has 0 saturated heterocycles. The van der Waals surface area contributed by atoms with Crippen LogP contribution in [0, 0.1) is 0 Å². The highest BCUT2D eigenvalue weighted by molar-refractivity contribution is 6.52. The average Bonchev–Trinajstić information content (AvgIpc) is 2.32. The summed E-state index contributed by atoms with van der Waals surface area (Å²) in [5.74, 6) is 0. The molecule has 2 aromatic rings. The lowest BCUT2D eigenvalue weighted by atomic mass is 11.1. The van der Waals surface area contributed by atoms with Gasteiger partial charge >= 0.3 is 0 Å². The summed E-state index contributed by atoms with van der Waals surface area (Å²) in [6.07, 6.45) is 0. The predicted molar refractivity (Wildman–Crippen MR) is 76.9 cm³/mol. The number of hydrogen-bond acceptors (Lipinski definition) is 0. The van der Waals surface area contributed by atoms with Crippen LogP contribution in [0.3, 0.4) is 0 Å². The third-order valence-electron chi connectivity index (χ3n) is 2.26. The van der Waals surface area contributed by atoms with Crippen molar-refractivity contribution in [1.82, 2.24) is 0 Å². The van der Waals surface area contributed by atoms with E-state index in [1.807, 2.05) is 12.1 Å². The molecule has 0 bridgehead atoms. The largest absolute Gasteiger partial charge is 0.0843 e. The molecule has 0 unspecified atom stereocenters. The molecular formula is C12H5Cl5. The second-order valence-electron chi connectivity index (χ2n) is 3.35. The SMILES string of the molecule is Cl[13c]1[13cH][13cH][13c](-[13c]2[13cH][13c](Cl)[13c](Cl)[13c](Cl)[13c]2Cl)[13cH][13cH]1. The Kier molecular flexibility index (Phi) is 4.12. The third-order valence-corrected chi connectivity index (χ3v) is 4.26. The zero-order valence-corrected chi connectivity index (χ0v) is 12.1. The molecule has 0 aliphatic rings. The van der Waals surface area contributed by atoms with Crippen LogP contribution in [0.2, 0.25) is 25.1 Å². The Labute approximate surface area is 124 Å². The van der Waals surface area contributed by atoms with Gasteiger partial charge in [-0.05, 0) is 23.8 Å². The average molecular weight is 338 g/mol. The van der Waals surface area contributed by atoms with E-state index in [0.29, 0.717) is 15.1 Å². The van der Waals surface area contributed by atoms with Gasteiger partial charge in [0, 0.05) is 10.6 Å². The van der Waals surface area contributed by atoms with Gasteiger partial charge in [0.15, 0.2) is 0 Å². The van der Waals surface area contributed by atoms with Crippen molar-refractivity contribution in [3.63, 3.8) is 0 Å². The van der Waals surface area contributed by atoms with Crippen LogP contribution in [-0.4, -0.2) is 0 Å². The van der Waals surface area contributed by atoms with E-state index in [0.717, 1.165) is 11.1 Å². The first-order valence-corrected chi connectivity index (χ1v) is 6.48. The topological polar surface area (TPSA) is 0 Å². The van der Waals surface area contributed by atoms with E-state index in [-0.39, 0.29) is 10.0 Å². The van der Waals surface area contributed by atoms with E-state index in [2.05, 4.69) is 0 Å². The summed E-state index contributed by atoms with van der Waals surface area (Å²) in [6.45, 7) is 0. The molecule has 0 N–H and O–H groups in total. The van der Waals surface area contributed by atoms with Crippen molar-refractivity contribution in [3.8, 4) is 11.1 Å². The van der Waals surface area contributed by atoms with E-state index in [1.54, 1.807) is 18.2 Å². The molecule has 0 amide bonds. The molecule has 0 saturated carbocycles. The third kappa shape index (κ3) is 2.67. The van der Waals surface area contributed by atoms with Gasteiger partial charge in [0.05, 0.1) is 20.1 Å². The number of hydrogen-bond donors (Lipinski definition) is 0. The Hall–Kier alpha value is -0.110. The first-order valence-electron chi connectivity index (χ1n) is 4.59. The molecule has 0 aliphatic heterocycles. The summed E-state index contributed by atoms with van der Waals surface area (Å²) in [5.41, 5.74) is 1.60. The minimum atomic E-state index is 0.255. The first kappa shape index (κ1) is 13.3. The van der Waals surface area contributed by atoms with Gasteiger partial charge in [-0.2, -0.15) is 0 Å². The van der Waals surface area contributed by atoms with Crippen molar-refractivity contribution < 1.29 is 0 Å². The highest BCUT2D eigenvalue weighted by atomic mass is 35.5.